The molecule has 0 heterocycles. The Morgan fingerprint density at radius 3 is 1.80 bits per heavy atom. The number of anilines is 1. The predicted molar refractivity (Wildman–Crippen MR) is 71.8 cm³/mol. The second kappa shape index (κ2) is 5.95. The van der Waals surface area contributed by atoms with Gasteiger partial charge in [-0.2, -0.15) is 0 Å². The molecule has 108 valence electrons. The van der Waals surface area contributed by atoms with Gasteiger partial charge in [0.1, 0.15) is 0 Å². The fourth-order valence-corrected chi connectivity index (χ4v) is 1.89. The van der Waals surface area contributed by atoms with Crippen molar-refractivity contribution in [2.24, 2.45) is 5.73 Å². The van der Waals surface area contributed by atoms with Crippen molar-refractivity contribution >= 4 is 23.0 Å². The Hall–Kier alpha value is -2.71. The number of carbonyl (C=O) groups is 1. The highest BCUT2D eigenvalue weighted by Crippen LogP contribution is 2.38. The minimum atomic E-state index is -0.956. The number of primary amides is 1. The first kappa shape index (κ1) is 15.3. The fraction of sp³-hybridized carbons (Fsp3) is 0.364. The summed E-state index contributed by atoms with van der Waals surface area (Å²) in [6.45, 7) is 4.15. The van der Waals surface area contributed by atoms with Gasteiger partial charge in [0.05, 0.1) is 15.4 Å². The first-order chi connectivity index (χ1) is 9.33. The van der Waals surface area contributed by atoms with Crippen molar-refractivity contribution in [3.05, 3.63) is 37.9 Å². The third-order valence-electron chi connectivity index (χ3n) is 2.83. The fourth-order valence-electron chi connectivity index (χ4n) is 1.89. The Kier molecular flexibility index (Phi) is 4.57. The number of rotatable bonds is 6. The molecule has 0 aliphatic heterocycles. The number of nitro benzene ring substituents is 2. The van der Waals surface area contributed by atoms with Gasteiger partial charge in [0.2, 0.25) is 5.91 Å². The largest absolute Gasteiger partial charge is 0.366 e. The van der Waals surface area contributed by atoms with Crippen molar-refractivity contribution in [2.45, 2.75) is 13.8 Å². The van der Waals surface area contributed by atoms with Crippen molar-refractivity contribution in [3.8, 4) is 0 Å². The molecular formula is C11H14N4O5. The molecule has 0 spiro atoms. The van der Waals surface area contributed by atoms with Crippen LogP contribution in [0.3, 0.4) is 0 Å². The number of hydrogen-bond acceptors (Lipinski definition) is 6. The maximum absolute atomic E-state index is 11.1. The topological polar surface area (TPSA) is 133 Å². The van der Waals surface area contributed by atoms with E-state index in [4.69, 9.17) is 5.73 Å². The first-order valence-corrected chi connectivity index (χ1v) is 5.85. The monoisotopic (exact) mass is 282 g/mol. The smallest absolute Gasteiger partial charge is 0.300 e. The number of amides is 1. The molecule has 2 N–H and O–H groups in total. The SMILES string of the molecule is CCN(CC)c1c([N+](=O)[O-])cc(C(N)=O)cc1[N+](=O)[O-]. The number of nitrogens with zero attached hydrogens (tertiary/aromatic N) is 3. The minimum absolute atomic E-state index is 0.116. The molecule has 1 rings (SSSR count). The van der Waals surface area contributed by atoms with Crippen LogP contribution in [0.5, 0.6) is 0 Å². The number of nitro groups is 2. The van der Waals surface area contributed by atoms with Gasteiger partial charge in [0.25, 0.3) is 11.4 Å². The van der Waals surface area contributed by atoms with Gasteiger partial charge in [-0.25, -0.2) is 0 Å². The summed E-state index contributed by atoms with van der Waals surface area (Å²) in [6, 6.07) is 1.92. The van der Waals surface area contributed by atoms with Gasteiger partial charge in [-0.15, -0.1) is 0 Å². The van der Waals surface area contributed by atoms with Crippen molar-refractivity contribution in [2.75, 3.05) is 18.0 Å². The van der Waals surface area contributed by atoms with E-state index in [1.807, 2.05) is 0 Å². The van der Waals surface area contributed by atoms with E-state index < -0.39 is 27.1 Å². The zero-order valence-corrected chi connectivity index (χ0v) is 11.0. The van der Waals surface area contributed by atoms with Gasteiger partial charge in [0, 0.05) is 25.2 Å². The van der Waals surface area contributed by atoms with Crippen LogP contribution in [0.25, 0.3) is 0 Å². The molecule has 0 aromatic heterocycles. The van der Waals surface area contributed by atoms with E-state index in [0.717, 1.165) is 12.1 Å². The van der Waals surface area contributed by atoms with Gasteiger partial charge in [0.15, 0.2) is 5.69 Å². The van der Waals surface area contributed by atoms with Gasteiger partial charge >= 0.3 is 0 Å². The third kappa shape index (κ3) is 2.82. The average molecular weight is 282 g/mol. The molecule has 0 saturated carbocycles. The van der Waals surface area contributed by atoms with Gasteiger partial charge < -0.3 is 10.6 Å². The van der Waals surface area contributed by atoms with Crippen molar-refractivity contribution < 1.29 is 14.6 Å². The van der Waals surface area contributed by atoms with Gasteiger partial charge in [-0.05, 0) is 13.8 Å². The quantitative estimate of drug-likeness (QED) is 0.620. The molecule has 0 bridgehead atoms. The van der Waals surface area contributed by atoms with E-state index in [1.54, 1.807) is 13.8 Å². The summed E-state index contributed by atoms with van der Waals surface area (Å²) < 4.78 is 0. The van der Waals surface area contributed by atoms with Crippen LogP contribution < -0.4 is 10.6 Å². The summed E-state index contributed by atoms with van der Waals surface area (Å²) in [4.78, 5) is 33.3. The molecule has 20 heavy (non-hydrogen) atoms. The van der Waals surface area contributed by atoms with Crippen LogP contribution in [0.4, 0.5) is 17.1 Å². The molecular weight excluding hydrogens is 268 g/mol. The standard InChI is InChI=1S/C11H14N4O5/c1-3-13(4-2)10-8(14(17)18)5-7(11(12)16)6-9(10)15(19)20/h5-6H,3-4H2,1-2H3,(H2,12,16). The lowest BCUT2D eigenvalue weighted by atomic mass is 10.1. The van der Waals surface area contributed by atoms with E-state index in [1.165, 1.54) is 4.90 Å². The molecule has 0 unspecified atom stereocenters. The van der Waals surface area contributed by atoms with Gasteiger partial charge in [-0.3, -0.25) is 25.0 Å². The molecule has 1 aromatic carbocycles. The van der Waals surface area contributed by atoms with E-state index in [-0.39, 0.29) is 11.3 Å². The lowest BCUT2D eigenvalue weighted by Crippen LogP contribution is -2.24. The van der Waals surface area contributed by atoms with Crippen LogP contribution in [0, 0.1) is 20.2 Å². The molecule has 0 fully saturated rings. The summed E-state index contributed by atoms with van der Waals surface area (Å²) in [5.41, 5.74) is 3.66. The Morgan fingerprint density at radius 1 is 1.15 bits per heavy atom. The summed E-state index contributed by atoms with van der Waals surface area (Å²) >= 11 is 0. The Labute approximate surface area is 114 Å². The molecule has 1 aromatic rings. The number of benzene rings is 1. The van der Waals surface area contributed by atoms with Crippen molar-refractivity contribution in [3.63, 3.8) is 0 Å². The number of carbonyl (C=O) groups excluding carboxylic acids is 1. The van der Waals surface area contributed by atoms with Crippen molar-refractivity contribution in [1.29, 1.82) is 0 Å². The van der Waals surface area contributed by atoms with E-state index >= 15 is 0 Å². The summed E-state index contributed by atoms with van der Waals surface area (Å²) in [5.74, 6) is -0.956. The zero-order valence-electron chi connectivity index (χ0n) is 11.0. The minimum Gasteiger partial charge on any atom is -0.366 e. The number of nitrogens with two attached hydrogens (primary N) is 1. The Balaban J connectivity index is 3.72. The first-order valence-electron chi connectivity index (χ1n) is 5.85. The average Bonchev–Trinajstić information content (AvgIpc) is 2.39. The molecule has 0 aliphatic rings. The van der Waals surface area contributed by atoms with Crippen LogP contribution in [0.15, 0.2) is 12.1 Å². The molecule has 0 aliphatic carbocycles. The maximum Gasteiger partial charge on any atom is 0.300 e. The predicted octanol–water partition coefficient (Wildman–Crippen LogP) is 1.45. The van der Waals surface area contributed by atoms with Crippen LogP contribution in [0.2, 0.25) is 0 Å². The molecule has 0 atom stereocenters. The molecule has 9 nitrogen and oxygen atoms in total. The normalized spacial score (nSPS) is 10.1. The lowest BCUT2D eigenvalue weighted by Gasteiger charge is -2.20. The van der Waals surface area contributed by atoms with Crippen molar-refractivity contribution in [1.82, 2.24) is 0 Å². The van der Waals surface area contributed by atoms with E-state index in [0.29, 0.717) is 13.1 Å². The summed E-state index contributed by atoms with van der Waals surface area (Å²) in [5, 5.41) is 22.2. The van der Waals surface area contributed by atoms with Crippen LogP contribution in [-0.2, 0) is 0 Å². The molecule has 1 amide bonds. The van der Waals surface area contributed by atoms with Crippen LogP contribution >= 0.6 is 0 Å². The molecule has 0 radical (unpaired) electrons. The highest BCUT2D eigenvalue weighted by molar-refractivity contribution is 5.96. The Morgan fingerprint density at radius 2 is 1.55 bits per heavy atom. The maximum atomic E-state index is 11.1. The highest BCUT2D eigenvalue weighted by atomic mass is 16.6. The summed E-state index contributed by atoms with van der Waals surface area (Å²) in [7, 11) is 0. The van der Waals surface area contributed by atoms with Crippen LogP contribution in [-0.4, -0.2) is 28.8 Å². The van der Waals surface area contributed by atoms with Crippen LogP contribution in [0.1, 0.15) is 24.2 Å². The Bertz CT molecular complexity index is 533. The van der Waals surface area contributed by atoms with Gasteiger partial charge in [-0.1, -0.05) is 0 Å². The highest BCUT2D eigenvalue weighted by Gasteiger charge is 2.30. The molecule has 0 saturated heterocycles. The molecule has 9 heteroatoms. The zero-order chi connectivity index (χ0) is 15.4. The van der Waals surface area contributed by atoms with E-state index in [2.05, 4.69) is 0 Å². The third-order valence-corrected chi connectivity index (χ3v) is 2.83. The number of hydrogen-bond donors (Lipinski definition) is 1. The second-order valence-electron chi connectivity index (χ2n) is 3.91. The summed E-state index contributed by atoms with van der Waals surface area (Å²) in [6.07, 6.45) is 0. The lowest BCUT2D eigenvalue weighted by molar-refractivity contribution is -0.392. The second-order valence-corrected chi connectivity index (χ2v) is 3.91. The van der Waals surface area contributed by atoms with E-state index in [9.17, 15) is 25.0 Å².